The van der Waals surface area contributed by atoms with Gasteiger partial charge < -0.3 is 25.1 Å². The molecule has 4 rings (SSSR count). The van der Waals surface area contributed by atoms with Crippen LogP contribution < -0.4 is 10.6 Å². The summed E-state index contributed by atoms with van der Waals surface area (Å²) in [5.41, 5.74) is 3.18. The Balaban J connectivity index is 1.40. The highest BCUT2D eigenvalue weighted by atomic mass is 35.5. The Labute approximate surface area is 219 Å². The fourth-order valence-corrected chi connectivity index (χ4v) is 4.17. The number of aromatic nitrogens is 2. The van der Waals surface area contributed by atoms with E-state index in [1.807, 2.05) is 30.3 Å². The van der Waals surface area contributed by atoms with Crippen molar-refractivity contribution in [1.29, 1.82) is 5.41 Å². The van der Waals surface area contributed by atoms with Gasteiger partial charge in [0, 0.05) is 36.6 Å². The van der Waals surface area contributed by atoms with Gasteiger partial charge in [0.05, 0.1) is 18.4 Å². The first kappa shape index (κ1) is 25.9. The molecule has 3 aromatic rings. The topological polar surface area (TPSA) is 130 Å². The van der Waals surface area contributed by atoms with Gasteiger partial charge in [-0.2, -0.15) is 0 Å². The number of hydrogen-bond donors (Lipinski definition) is 3. The van der Waals surface area contributed by atoms with Crippen molar-refractivity contribution in [2.24, 2.45) is 0 Å². The van der Waals surface area contributed by atoms with E-state index in [1.54, 1.807) is 29.2 Å². The summed E-state index contributed by atoms with van der Waals surface area (Å²) in [4.78, 5) is 34.2. The van der Waals surface area contributed by atoms with Crippen LogP contribution in [0, 0.1) is 5.41 Å². The van der Waals surface area contributed by atoms with Gasteiger partial charge in [-0.1, -0.05) is 42.5 Å². The van der Waals surface area contributed by atoms with Crippen LogP contribution in [0.2, 0.25) is 5.28 Å². The number of ether oxygens (including phenoxy) is 2. The van der Waals surface area contributed by atoms with Crippen LogP contribution in [0.1, 0.15) is 24.0 Å². The summed E-state index contributed by atoms with van der Waals surface area (Å²) in [6.07, 6.45) is 1.65. The highest BCUT2D eigenvalue weighted by Gasteiger charge is 2.25. The summed E-state index contributed by atoms with van der Waals surface area (Å²) in [6, 6.07) is 16.5. The van der Waals surface area contributed by atoms with Gasteiger partial charge in [-0.25, -0.2) is 19.6 Å². The van der Waals surface area contributed by atoms with E-state index in [1.165, 1.54) is 13.3 Å². The van der Waals surface area contributed by atoms with Crippen LogP contribution in [0.15, 0.2) is 54.6 Å². The molecule has 1 saturated heterocycles. The molecule has 11 heteroatoms. The van der Waals surface area contributed by atoms with Crippen molar-refractivity contribution in [2.45, 2.75) is 25.5 Å². The summed E-state index contributed by atoms with van der Waals surface area (Å²) >= 11 is 6.24. The molecule has 0 spiro atoms. The van der Waals surface area contributed by atoms with Crippen LogP contribution in [0.3, 0.4) is 0 Å². The molecule has 10 nitrogen and oxygen atoms in total. The van der Waals surface area contributed by atoms with Gasteiger partial charge in [0.1, 0.15) is 12.4 Å². The van der Waals surface area contributed by atoms with Gasteiger partial charge >= 0.3 is 12.2 Å². The molecule has 1 aliphatic rings. The number of methoxy groups -OCH3 is 1. The first-order chi connectivity index (χ1) is 18.0. The van der Waals surface area contributed by atoms with Crippen molar-refractivity contribution >= 4 is 41.5 Å². The minimum absolute atomic E-state index is 0.0299. The zero-order valence-electron chi connectivity index (χ0n) is 20.2. The van der Waals surface area contributed by atoms with Gasteiger partial charge in [0.25, 0.3) is 0 Å². The molecule has 0 bridgehead atoms. The highest BCUT2D eigenvalue weighted by Crippen LogP contribution is 2.29. The van der Waals surface area contributed by atoms with E-state index in [2.05, 4.69) is 25.3 Å². The summed E-state index contributed by atoms with van der Waals surface area (Å²) in [6.45, 7) is 1.31. The maximum absolute atomic E-state index is 12.5. The minimum Gasteiger partial charge on any atom is -0.453 e. The number of halogens is 1. The Hall–Kier alpha value is -4.18. The molecular weight excluding hydrogens is 496 g/mol. The highest BCUT2D eigenvalue weighted by molar-refractivity contribution is 6.28. The average molecular weight is 523 g/mol. The summed E-state index contributed by atoms with van der Waals surface area (Å²) in [7, 11) is 1.29. The standard InChI is InChI=1S/C26H27ClN6O4/c1-36-25(34)30-19-9-7-18(8-10-19)22-21(15-28)23(32-24(27)31-22)29-20-11-13-33(14-12-20)26(35)37-16-17-5-3-2-4-6-17/h2-10,15,20,28H,11-14,16H2,1H3,(H,30,34)(H,29,31,32). The number of likely N-dealkylation sites (tertiary alicyclic amines) is 1. The monoisotopic (exact) mass is 522 g/mol. The summed E-state index contributed by atoms with van der Waals surface area (Å²) < 4.78 is 10.0. The van der Waals surface area contributed by atoms with Crippen LogP contribution in [-0.2, 0) is 16.1 Å². The largest absolute Gasteiger partial charge is 0.453 e. The molecule has 2 aromatic carbocycles. The maximum atomic E-state index is 12.5. The molecular formula is C26H27ClN6O4. The van der Waals surface area contributed by atoms with E-state index in [0.29, 0.717) is 54.3 Å². The van der Waals surface area contributed by atoms with E-state index in [4.69, 9.17) is 21.7 Å². The third-order valence-electron chi connectivity index (χ3n) is 5.95. The number of benzene rings is 2. The first-order valence-electron chi connectivity index (χ1n) is 11.7. The fraction of sp³-hybridized carbons (Fsp3) is 0.269. The van der Waals surface area contributed by atoms with E-state index < -0.39 is 6.09 Å². The van der Waals surface area contributed by atoms with Crippen molar-refractivity contribution in [3.8, 4) is 11.3 Å². The molecule has 192 valence electrons. The number of nitrogens with one attached hydrogen (secondary N) is 3. The predicted molar refractivity (Wildman–Crippen MR) is 141 cm³/mol. The van der Waals surface area contributed by atoms with E-state index in [0.717, 1.165) is 5.56 Å². The van der Waals surface area contributed by atoms with Crippen molar-refractivity contribution in [2.75, 3.05) is 30.8 Å². The number of amides is 2. The van der Waals surface area contributed by atoms with E-state index in [-0.39, 0.29) is 24.0 Å². The lowest BCUT2D eigenvalue weighted by molar-refractivity contribution is 0.0881. The van der Waals surface area contributed by atoms with Crippen molar-refractivity contribution in [3.63, 3.8) is 0 Å². The number of anilines is 2. The number of hydrogen-bond acceptors (Lipinski definition) is 8. The van der Waals surface area contributed by atoms with Crippen molar-refractivity contribution in [3.05, 3.63) is 71.0 Å². The van der Waals surface area contributed by atoms with Crippen LogP contribution in [0.4, 0.5) is 21.1 Å². The molecule has 0 unspecified atom stereocenters. The smallest absolute Gasteiger partial charge is 0.411 e. The van der Waals surface area contributed by atoms with Crippen LogP contribution in [0.25, 0.3) is 11.3 Å². The van der Waals surface area contributed by atoms with Gasteiger partial charge in [-0.05, 0) is 42.1 Å². The van der Waals surface area contributed by atoms with Gasteiger partial charge in [-0.15, -0.1) is 0 Å². The third kappa shape index (κ3) is 6.73. The van der Waals surface area contributed by atoms with Crippen LogP contribution >= 0.6 is 11.6 Å². The van der Waals surface area contributed by atoms with E-state index >= 15 is 0 Å². The molecule has 1 fully saturated rings. The molecule has 0 radical (unpaired) electrons. The Morgan fingerprint density at radius 2 is 1.81 bits per heavy atom. The second-order valence-electron chi connectivity index (χ2n) is 8.39. The predicted octanol–water partition coefficient (Wildman–Crippen LogP) is 5.19. The zero-order valence-corrected chi connectivity index (χ0v) is 21.0. The van der Waals surface area contributed by atoms with Gasteiger partial charge in [-0.3, -0.25) is 5.32 Å². The Bertz CT molecular complexity index is 1250. The SMILES string of the molecule is COC(=O)Nc1ccc(-c2nc(Cl)nc(NC3CCN(C(=O)OCc4ccccc4)CC3)c2C=N)cc1. The van der Waals surface area contributed by atoms with Gasteiger partial charge in [0.2, 0.25) is 5.28 Å². The van der Waals surface area contributed by atoms with Crippen molar-refractivity contribution in [1.82, 2.24) is 14.9 Å². The van der Waals surface area contributed by atoms with Crippen LogP contribution in [0.5, 0.6) is 0 Å². The maximum Gasteiger partial charge on any atom is 0.411 e. The van der Waals surface area contributed by atoms with Gasteiger partial charge in [0.15, 0.2) is 0 Å². The number of nitrogens with zero attached hydrogens (tertiary/aromatic N) is 3. The lowest BCUT2D eigenvalue weighted by Crippen LogP contribution is -2.42. The number of carbonyl (C=O) groups excluding carboxylic acids is 2. The second-order valence-corrected chi connectivity index (χ2v) is 8.73. The van der Waals surface area contributed by atoms with Crippen LogP contribution in [-0.4, -0.2) is 59.5 Å². The molecule has 0 saturated carbocycles. The second kappa shape index (κ2) is 12.2. The number of piperidine rings is 1. The molecule has 0 atom stereocenters. The summed E-state index contributed by atoms with van der Waals surface area (Å²) in [5, 5.41) is 14.0. The molecule has 1 aliphatic heterocycles. The Morgan fingerprint density at radius 3 is 2.46 bits per heavy atom. The lowest BCUT2D eigenvalue weighted by Gasteiger charge is -2.32. The third-order valence-corrected chi connectivity index (χ3v) is 6.12. The number of carbonyl (C=O) groups is 2. The molecule has 3 N–H and O–H groups in total. The first-order valence-corrected chi connectivity index (χ1v) is 12.1. The lowest BCUT2D eigenvalue weighted by atomic mass is 10.0. The minimum atomic E-state index is -0.569. The molecule has 1 aromatic heterocycles. The summed E-state index contributed by atoms with van der Waals surface area (Å²) in [5.74, 6) is 0.451. The van der Waals surface area contributed by atoms with E-state index in [9.17, 15) is 9.59 Å². The molecule has 0 aliphatic carbocycles. The average Bonchev–Trinajstić information content (AvgIpc) is 2.93. The quantitative estimate of drug-likeness (QED) is 0.287. The molecule has 37 heavy (non-hydrogen) atoms. The molecule has 2 heterocycles. The zero-order chi connectivity index (χ0) is 26.2. The van der Waals surface area contributed by atoms with Crippen molar-refractivity contribution < 1.29 is 19.1 Å². The number of rotatable bonds is 7. The Morgan fingerprint density at radius 1 is 1.11 bits per heavy atom. The fourth-order valence-electron chi connectivity index (χ4n) is 4.00. The Kier molecular flexibility index (Phi) is 8.52. The molecule has 2 amide bonds. The normalized spacial score (nSPS) is 13.5.